The van der Waals surface area contributed by atoms with Gasteiger partial charge in [-0.25, -0.2) is 8.78 Å². The van der Waals surface area contributed by atoms with Crippen LogP contribution in [0.25, 0.3) is 0 Å². The molecule has 1 heterocycles. The molecule has 0 aliphatic carbocycles. The fourth-order valence-electron chi connectivity index (χ4n) is 2.07. The minimum atomic E-state index is -2.82. The highest BCUT2D eigenvalue weighted by Crippen LogP contribution is 2.26. The smallest absolute Gasteiger partial charge is 0.262 e. The molecule has 0 bridgehead atoms. The highest BCUT2D eigenvalue weighted by Gasteiger charge is 2.42. The van der Waals surface area contributed by atoms with Gasteiger partial charge in [-0.15, -0.1) is 12.4 Å². The Morgan fingerprint density at radius 3 is 2.86 bits per heavy atom. The van der Waals surface area contributed by atoms with Gasteiger partial charge >= 0.3 is 0 Å². The standard InChI is InChI=1S/C13H15ClF2N2O2.ClH/c1-20-11-4-9(14)3-2-8(11)6-17-12(19)10-5-13(15,16)7-18-10;/h2-4,10,18H,5-7H2,1H3,(H,17,19);1H. The molecule has 2 rings (SSSR count). The van der Waals surface area contributed by atoms with Gasteiger partial charge in [-0.05, 0) is 12.1 Å². The summed E-state index contributed by atoms with van der Waals surface area (Å²) in [7, 11) is 1.50. The van der Waals surface area contributed by atoms with Crippen LogP contribution in [-0.4, -0.2) is 31.5 Å². The van der Waals surface area contributed by atoms with E-state index in [-0.39, 0.29) is 19.0 Å². The summed E-state index contributed by atoms with van der Waals surface area (Å²) in [6, 6.07) is 4.17. The lowest BCUT2D eigenvalue weighted by atomic mass is 10.1. The second kappa shape index (κ2) is 7.24. The molecule has 2 N–H and O–H groups in total. The zero-order valence-corrected chi connectivity index (χ0v) is 12.9. The Balaban J connectivity index is 0.00000220. The molecule has 1 saturated heterocycles. The van der Waals surface area contributed by atoms with Gasteiger partial charge in [0.15, 0.2) is 0 Å². The Bertz CT molecular complexity index is 515. The van der Waals surface area contributed by atoms with Crippen LogP contribution in [0.4, 0.5) is 8.78 Å². The van der Waals surface area contributed by atoms with Crippen LogP contribution in [0, 0.1) is 0 Å². The van der Waals surface area contributed by atoms with E-state index in [9.17, 15) is 13.6 Å². The zero-order valence-electron chi connectivity index (χ0n) is 11.3. The Labute approximate surface area is 132 Å². The summed E-state index contributed by atoms with van der Waals surface area (Å²) in [6.07, 6.45) is -0.476. The minimum absolute atomic E-state index is 0. The van der Waals surface area contributed by atoms with Crippen LogP contribution in [0.1, 0.15) is 12.0 Å². The fourth-order valence-corrected chi connectivity index (χ4v) is 2.23. The van der Waals surface area contributed by atoms with E-state index < -0.39 is 30.8 Å². The van der Waals surface area contributed by atoms with Gasteiger partial charge in [0.2, 0.25) is 5.91 Å². The molecular weight excluding hydrogens is 325 g/mol. The van der Waals surface area contributed by atoms with Crippen LogP contribution in [0.15, 0.2) is 18.2 Å². The van der Waals surface area contributed by atoms with E-state index in [0.29, 0.717) is 10.8 Å². The Morgan fingerprint density at radius 1 is 1.57 bits per heavy atom. The molecule has 0 aromatic heterocycles. The van der Waals surface area contributed by atoms with Gasteiger partial charge < -0.3 is 10.1 Å². The lowest BCUT2D eigenvalue weighted by Gasteiger charge is -2.13. The van der Waals surface area contributed by atoms with Crippen LogP contribution in [-0.2, 0) is 11.3 Å². The maximum Gasteiger partial charge on any atom is 0.262 e. The van der Waals surface area contributed by atoms with Crippen molar-refractivity contribution < 1.29 is 18.3 Å². The van der Waals surface area contributed by atoms with E-state index in [1.165, 1.54) is 7.11 Å². The number of ether oxygens (including phenoxy) is 1. The SMILES string of the molecule is COc1cc(Cl)ccc1CNC(=O)C1CC(F)(F)CN1.Cl. The predicted molar refractivity (Wildman–Crippen MR) is 78.5 cm³/mol. The molecular formula is C13H16Cl2F2N2O2. The first-order chi connectivity index (χ1) is 9.41. The largest absolute Gasteiger partial charge is 0.496 e. The number of amides is 1. The lowest BCUT2D eigenvalue weighted by Crippen LogP contribution is -2.40. The number of halogens is 4. The number of nitrogens with one attached hydrogen (secondary N) is 2. The van der Waals surface area contributed by atoms with E-state index in [0.717, 1.165) is 5.56 Å². The molecule has 8 heteroatoms. The molecule has 0 spiro atoms. The molecule has 1 amide bonds. The number of methoxy groups -OCH3 is 1. The third-order valence-corrected chi connectivity index (χ3v) is 3.36. The van der Waals surface area contributed by atoms with Gasteiger partial charge in [0.1, 0.15) is 5.75 Å². The highest BCUT2D eigenvalue weighted by molar-refractivity contribution is 6.30. The van der Waals surface area contributed by atoms with Crippen molar-refractivity contribution in [1.82, 2.24) is 10.6 Å². The Kier molecular flexibility index (Phi) is 6.19. The molecule has 1 aromatic carbocycles. The summed E-state index contributed by atoms with van der Waals surface area (Å²) >= 11 is 5.83. The van der Waals surface area contributed by atoms with Gasteiger partial charge in [0, 0.05) is 23.6 Å². The average Bonchev–Trinajstić information content (AvgIpc) is 2.77. The first-order valence-corrected chi connectivity index (χ1v) is 6.50. The van der Waals surface area contributed by atoms with Gasteiger partial charge in [-0.3, -0.25) is 10.1 Å². The van der Waals surface area contributed by atoms with Crippen molar-refractivity contribution in [2.45, 2.75) is 24.9 Å². The van der Waals surface area contributed by atoms with Gasteiger partial charge in [0.05, 0.1) is 19.7 Å². The van der Waals surface area contributed by atoms with E-state index >= 15 is 0 Å². The lowest BCUT2D eigenvalue weighted by molar-refractivity contribution is -0.123. The molecule has 0 radical (unpaired) electrons. The maximum atomic E-state index is 13.0. The van der Waals surface area contributed by atoms with E-state index in [1.807, 2.05) is 0 Å². The van der Waals surface area contributed by atoms with Crippen molar-refractivity contribution in [2.24, 2.45) is 0 Å². The highest BCUT2D eigenvalue weighted by atomic mass is 35.5. The van der Waals surface area contributed by atoms with Crippen LogP contribution in [0.2, 0.25) is 5.02 Å². The fraction of sp³-hybridized carbons (Fsp3) is 0.462. The Hall–Kier alpha value is -1.11. The zero-order chi connectivity index (χ0) is 14.8. The molecule has 1 aromatic rings. The third-order valence-electron chi connectivity index (χ3n) is 3.13. The number of carbonyl (C=O) groups excluding carboxylic acids is 1. The summed E-state index contributed by atoms with van der Waals surface area (Å²) in [6.45, 7) is -0.266. The number of rotatable bonds is 4. The maximum absolute atomic E-state index is 13.0. The van der Waals surface area contributed by atoms with Crippen molar-refractivity contribution in [3.63, 3.8) is 0 Å². The number of hydrogen-bond acceptors (Lipinski definition) is 3. The van der Waals surface area contributed by atoms with Crippen LogP contribution >= 0.6 is 24.0 Å². The Morgan fingerprint density at radius 2 is 2.29 bits per heavy atom. The summed E-state index contributed by atoms with van der Waals surface area (Å²) in [5.74, 6) is -2.72. The number of benzene rings is 1. The third kappa shape index (κ3) is 4.69. The first kappa shape index (κ1) is 17.9. The van der Waals surface area contributed by atoms with Gasteiger partial charge in [-0.2, -0.15) is 0 Å². The topological polar surface area (TPSA) is 50.4 Å². The van der Waals surface area contributed by atoms with E-state index in [1.54, 1.807) is 18.2 Å². The quantitative estimate of drug-likeness (QED) is 0.884. The van der Waals surface area contributed by atoms with Gasteiger partial charge in [0.25, 0.3) is 5.92 Å². The van der Waals surface area contributed by atoms with Crippen molar-refractivity contribution in [2.75, 3.05) is 13.7 Å². The molecule has 1 fully saturated rings. The van der Waals surface area contributed by atoms with Crippen LogP contribution < -0.4 is 15.4 Å². The number of alkyl halides is 2. The summed E-state index contributed by atoms with van der Waals surface area (Å²) in [4.78, 5) is 11.8. The second-order valence-electron chi connectivity index (χ2n) is 4.67. The number of hydrogen-bond donors (Lipinski definition) is 2. The number of carbonyl (C=O) groups is 1. The molecule has 118 valence electrons. The molecule has 0 saturated carbocycles. The second-order valence-corrected chi connectivity index (χ2v) is 5.10. The van der Waals surface area contributed by atoms with Crippen LogP contribution in [0.5, 0.6) is 5.75 Å². The van der Waals surface area contributed by atoms with Crippen molar-refractivity contribution >= 4 is 29.9 Å². The summed E-state index contributed by atoms with van der Waals surface area (Å²) in [5.41, 5.74) is 0.731. The van der Waals surface area contributed by atoms with Crippen LogP contribution in [0.3, 0.4) is 0 Å². The van der Waals surface area contributed by atoms with Gasteiger partial charge in [-0.1, -0.05) is 17.7 Å². The molecule has 4 nitrogen and oxygen atoms in total. The first-order valence-electron chi connectivity index (χ1n) is 6.12. The molecule has 1 aliphatic rings. The van der Waals surface area contributed by atoms with Crippen molar-refractivity contribution in [3.05, 3.63) is 28.8 Å². The normalized spacial score (nSPS) is 19.7. The average molecular weight is 341 g/mol. The van der Waals surface area contributed by atoms with E-state index in [4.69, 9.17) is 16.3 Å². The minimum Gasteiger partial charge on any atom is -0.496 e. The monoisotopic (exact) mass is 340 g/mol. The molecule has 1 unspecified atom stereocenters. The summed E-state index contributed by atoms with van der Waals surface area (Å²) < 4.78 is 31.2. The molecule has 1 atom stereocenters. The summed E-state index contributed by atoms with van der Waals surface area (Å²) in [5, 5.41) is 5.64. The molecule has 21 heavy (non-hydrogen) atoms. The molecule has 1 aliphatic heterocycles. The van der Waals surface area contributed by atoms with Crippen molar-refractivity contribution in [3.8, 4) is 5.75 Å². The van der Waals surface area contributed by atoms with E-state index in [2.05, 4.69) is 10.6 Å². The predicted octanol–water partition coefficient (Wildman–Crippen LogP) is 2.38. The van der Waals surface area contributed by atoms with Crippen molar-refractivity contribution in [1.29, 1.82) is 0 Å².